The molecule has 0 amide bonds. The molecular formula is C81H46F8N6. The molecule has 6 nitrogen and oxygen atoms in total. The van der Waals surface area contributed by atoms with Crippen LogP contribution in [0, 0.1) is 29.1 Å². The van der Waals surface area contributed by atoms with E-state index >= 15 is 35.1 Å². The Morgan fingerprint density at radius 1 is 0.232 bits per heavy atom. The van der Waals surface area contributed by atoms with Gasteiger partial charge in [-0.2, -0.15) is 13.2 Å². The van der Waals surface area contributed by atoms with Gasteiger partial charge in [-0.25, -0.2) is 41.9 Å². The summed E-state index contributed by atoms with van der Waals surface area (Å²) in [4.78, 5) is 20.1. The monoisotopic (exact) mass is 1250 g/mol. The molecule has 0 aliphatic carbocycles. The van der Waals surface area contributed by atoms with Crippen molar-refractivity contribution in [3.8, 4) is 113 Å². The van der Waals surface area contributed by atoms with Crippen LogP contribution in [0.4, 0.5) is 35.1 Å². The number of nitrogens with zero attached hydrogens (tertiary/aromatic N) is 6. The Bertz CT molecular complexity index is 5100. The first-order valence-corrected chi connectivity index (χ1v) is 30.4. The van der Waals surface area contributed by atoms with Crippen LogP contribution in [0.3, 0.4) is 0 Å². The Labute approximate surface area is 537 Å². The number of benzene rings is 10. The van der Waals surface area contributed by atoms with Crippen molar-refractivity contribution in [3.63, 3.8) is 0 Å². The molecule has 10 aromatic carbocycles. The van der Waals surface area contributed by atoms with E-state index in [4.69, 9.17) is 19.9 Å². The normalized spacial score (nSPS) is 11.8. The van der Waals surface area contributed by atoms with Crippen LogP contribution in [0.15, 0.2) is 279 Å². The van der Waals surface area contributed by atoms with Gasteiger partial charge < -0.3 is 9.13 Å². The topological polar surface area (TPSA) is 61.4 Å². The van der Waals surface area contributed by atoms with E-state index in [9.17, 15) is 0 Å². The smallest absolute Gasteiger partial charge is 0.308 e. The van der Waals surface area contributed by atoms with Crippen LogP contribution < -0.4 is 0 Å². The maximum Gasteiger partial charge on any atom is 0.420 e. The average molecular weight is 1260 g/mol. The van der Waals surface area contributed by atoms with E-state index < -0.39 is 63.3 Å². The van der Waals surface area contributed by atoms with Crippen LogP contribution >= 0.6 is 0 Å². The Balaban J connectivity index is 1.04. The van der Waals surface area contributed by atoms with E-state index in [0.29, 0.717) is 89.4 Å². The predicted octanol–water partition coefficient (Wildman–Crippen LogP) is 22.2. The largest absolute Gasteiger partial charge is 0.420 e. The fourth-order valence-electron chi connectivity index (χ4n) is 12.9. The second-order valence-corrected chi connectivity index (χ2v) is 23.0. The van der Waals surface area contributed by atoms with Crippen LogP contribution in [-0.2, 0) is 6.18 Å². The molecule has 16 aromatic rings. The van der Waals surface area contributed by atoms with E-state index in [1.54, 1.807) is 72.8 Å². The maximum absolute atomic E-state index is 17.8. The third kappa shape index (κ3) is 10.2. The van der Waals surface area contributed by atoms with Crippen molar-refractivity contribution in [1.29, 1.82) is 0 Å². The number of hydrogen-bond acceptors (Lipinski definition) is 4. The molecule has 0 spiro atoms. The fourth-order valence-corrected chi connectivity index (χ4v) is 12.9. The quantitative estimate of drug-likeness (QED) is 0.0735. The number of halogens is 8. The Kier molecular flexibility index (Phi) is 14.2. The Hall–Kier alpha value is -12.2. The van der Waals surface area contributed by atoms with Gasteiger partial charge in [0, 0.05) is 66.1 Å². The standard InChI is InChI=1S/C81H46F8N6/c82-76-74(77(83)79(85)80(86)78(76)84)55-45-72(94-68-41-51(64-29-13-25-60(90-64)47-17-5-1-6-18-47)33-37-56(68)57-38-34-52(42-69(57)94)65-30-14-26-61(91-65)48-19-7-2-8-20-48)75(81(87,88)89)73(46-55)95-70-43-53(66-31-15-27-62(92-66)49-21-9-3-10-22-49)35-39-58(70)59-40-36-54(44-71(59)95)67-32-16-28-63(93-67)50-23-11-4-12-24-50/h1-46H. The lowest BCUT2D eigenvalue weighted by Crippen LogP contribution is -2.16. The molecule has 14 heteroatoms. The van der Waals surface area contributed by atoms with Gasteiger partial charge in [-0.1, -0.05) is 194 Å². The highest BCUT2D eigenvalue weighted by molar-refractivity contribution is 6.13. The molecule has 0 saturated heterocycles. The van der Waals surface area contributed by atoms with Crippen molar-refractivity contribution in [2.75, 3.05) is 0 Å². The molecule has 0 unspecified atom stereocenters. The van der Waals surface area contributed by atoms with Gasteiger partial charge in [0.1, 0.15) is 5.56 Å². The summed E-state index contributed by atoms with van der Waals surface area (Å²) in [6.45, 7) is 0. The summed E-state index contributed by atoms with van der Waals surface area (Å²) >= 11 is 0. The number of pyridine rings is 4. The summed E-state index contributed by atoms with van der Waals surface area (Å²) < 4.78 is 137. The number of aromatic nitrogens is 6. The Morgan fingerprint density at radius 2 is 0.474 bits per heavy atom. The highest BCUT2D eigenvalue weighted by Gasteiger charge is 2.41. The van der Waals surface area contributed by atoms with Crippen molar-refractivity contribution in [1.82, 2.24) is 29.1 Å². The fraction of sp³-hybridized carbons (Fsp3) is 0.0123. The lowest BCUT2D eigenvalue weighted by atomic mass is 9.97. The van der Waals surface area contributed by atoms with Crippen LogP contribution in [0.25, 0.3) is 156 Å². The number of fused-ring (bicyclic) bond motifs is 6. The summed E-state index contributed by atoms with van der Waals surface area (Å²) in [6.07, 6.45) is -5.37. The van der Waals surface area contributed by atoms with Crippen molar-refractivity contribution in [2.24, 2.45) is 0 Å². The lowest BCUT2D eigenvalue weighted by Gasteiger charge is -2.24. The van der Waals surface area contributed by atoms with Gasteiger partial charge in [0.2, 0.25) is 5.82 Å². The summed E-state index contributed by atoms with van der Waals surface area (Å²) in [6, 6.07) is 82.4. The average Bonchev–Trinajstić information content (AvgIpc) is 1.59. The zero-order chi connectivity index (χ0) is 64.6. The van der Waals surface area contributed by atoms with E-state index in [0.717, 1.165) is 34.4 Å². The van der Waals surface area contributed by atoms with Gasteiger partial charge in [-0.15, -0.1) is 0 Å². The second-order valence-electron chi connectivity index (χ2n) is 23.0. The molecule has 0 atom stereocenters. The van der Waals surface area contributed by atoms with Crippen LogP contribution in [0.1, 0.15) is 5.56 Å². The second kappa shape index (κ2) is 23.2. The van der Waals surface area contributed by atoms with E-state index in [1.165, 1.54) is 9.13 Å². The van der Waals surface area contributed by atoms with Gasteiger partial charge in [-0.3, -0.25) is 0 Å². The van der Waals surface area contributed by atoms with Gasteiger partial charge in [0.15, 0.2) is 23.3 Å². The molecule has 0 fully saturated rings. The number of rotatable bonds is 11. The van der Waals surface area contributed by atoms with E-state index in [1.807, 2.05) is 194 Å². The summed E-state index contributed by atoms with van der Waals surface area (Å²) in [5.74, 6) is -11.5. The Morgan fingerprint density at radius 3 is 0.726 bits per heavy atom. The molecule has 6 aromatic heterocycles. The van der Waals surface area contributed by atoms with Gasteiger partial charge in [0.25, 0.3) is 0 Å². The zero-order valence-electron chi connectivity index (χ0n) is 49.8. The van der Waals surface area contributed by atoms with Crippen LogP contribution in [0.2, 0.25) is 0 Å². The predicted molar refractivity (Wildman–Crippen MR) is 360 cm³/mol. The van der Waals surface area contributed by atoms with Crippen molar-refractivity contribution in [3.05, 3.63) is 314 Å². The lowest BCUT2D eigenvalue weighted by molar-refractivity contribution is -0.137. The minimum Gasteiger partial charge on any atom is -0.308 e. The highest BCUT2D eigenvalue weighted by atomic mass is 19.4. The molecule has 0 saturated carbocycles. The van der Waals surface area contributed by atoms with Gasteiger partial charge >= 0.3 is 6.18 Å². The minimum atomic E-state index is -5.37. The number of alkyl halides is 3. The summed E-state index contributed by atoms with van der Waals surface area (Å²) in [5, 5.41) is 1.83. The minimum absolute atomic E-state index is 0.180. The van der Waals surface area contributed by atoms with Crippen LogP contribution in [-0.4, -0.2) is 29.1 Å². The summed E-state index contributed by atoms with van der Waals surface area (Å²) in [7, 11) is 0. The first kappa shape index (κ1) is 58.0. The molecule has 456 valence electrons. The first-order chi connectivity index (χ1) is 46.3. The zero-order valence-corrected chi connectivity index (χ0v) is 49.8. The molecule has 0 aliphatic rings. The van der Waals surface area contributed by atoms with Gasteiger partial charge in [-0.05, 0) is 90.5 Å². The van der Waals surface area contributed by atoms with Crippen molar-refractivity contribution < 1.29 is 35.1 Å². The molecule has 16 rings (SSSR count). The van der Waals surface area contributed by atoms with E-state index in [-0.39, 0.29) is 22.1 Å². The molecule has 0 bridgehead atoms. The molecule has 0 aliphatic heterocycles. The molecule has 0 N–H and O–H groups in total. The SMILES string of the molecule is Fc1c(F)c(F)c(-c2cc(-n3c4cc(-c5cccc(-c6ccccc6)n5)ccc4c4ccc(-c5cccc(-c6ccccc6)n5)cc43)c(C(F)(F)F)c(-n3c4cc(-c5cccc(-c6ccccc6)n5)ccc4c4ccc(-c5cccc(-c6ccccc6)n5)cc43)c2)c(F)c1F. The van der Waals surface area contributed by atoms with Gasteiger partial charge in [0.05, 0.1) is 84.6 Å². The molecule has 0 radical (unpaired) electrons. The van der Waals surface area contributed by atoms with Crippen molar-refractivity contribution >= 4 is 43.6 Å². The molecular weight excluding hydrogens is 1210 g/mol. The maximum atomic E-state index is 17.8. The summed E-state index contributed by atoms with van der Waals surface area (Å²) in [5.41, 5.74) is 5.28. The van der Waals surface area contributed by atoms with E-state index in [2.05, 4.69) is 0 Å². The molecule has 6 heterocycles. The third-order valence-corrected chi connectivity index (χ3v) is 17.4. The van der Waals surface area contributed by atoms with Crippen molar-refractivity contribution in [2.45, 2.75) is 6.18 Å². The highest BCUT2D eigenvalue weighted by Crippen LogP contribution is 2.49. The first-order valence-electron chi connectivity index (χ1n) is 30.4. The van der Waals surface area contributed by atoms with Crippen LogP contribution in [0.5, 0.6) is 0 Å². The number of hydrogen-bond donors (Lipinski definition) is 0. The third-order valence-electron chi connectivity index (χ3n) is 17.4. The molecule has 95 heavy (non-hydrogen) atoms.